The normalized spacial score (nSPS) is 21.1. The minimum atomic E-state index is 0.581. The Bertz CT molecular complexity index is 566. The SMILES string of the molecule is CN=C(NCc1c(C)nn(C)c1C)N1CCC2(CCCC2)C1. The lowest BCUT2D eigenvalue weighted by Crippen LogP contribution is -2.40. The molecule has 0 amide bonds. The average Bonchev–Trinajstić information content (AvgIpc) is 3.18. The number of likely N-dealkylation sites (tertiary alicyclic amines) is 1. The van der Waals surface area contributed by atoms with Crippen LogP contribution in [0.25, 0.3) is 0 Å². The highest BCUT2D eigenvalue weighted by Crippen LogP contribution is 2.45. The van der Waals surface area contributed by atoms with Gasteiger partial charge in [0.2, 0.25) is 0 Å². The first kappa shape index (κ1) is 15.4. The van der Waals surface area contributed by atoms with Crippen LogP contribution in [-0.4, -0.2) is 40.8 Å². The third kappa shape index (κ3) is 2.73. The molecule has 1 aliphatic carbocycles. The maximum atomic E-state index is 4.51. The van der Waals surface area contributed by atoms with Crippen LogP contribution in [0.1, 0.15) is 49.1 Å². The molecular weight excluding hydrogens is 274 g/mol. The molecule has 122 valence electrons. The van der Waals surface area contributed by atoms with Gasteiger partial charge in [-0.1, -0.05) is 12.8 Å². The molecule has 1 saturated carbocycles. The highest BCUT2D eigenvalue weighted by molar-refractivity contribution is 5.80. The summed E-state index contributed by atoms with van der Waals surface area (Å²) in [5.41, 5.74) is 4.21. The van der Waals surface area contributed by atoms with Crippen molar-refractivity contribution in [1.82, 2.24) is 20.0 Å². The average molecular weight is 303 g/mol. The van der Waals surface area contributed by atoms with Crippen LogP contribution in [0.3, 0.4) is 0 Å². The molecule has 1 aromatic rings. The van der Waals surface area contributed by atoms with Crippen LogP contribution in [-0.2, 0) is 13.6 Å². The van der Waals surface area contributed by atoms with Gasteiger partial charge in [-0.3, -0.25) is 9.67 Å². The molecule has 0 radical (unpaired) electrons. The van der Waals surface area contributed by atoms with Crippen molar-refractivity contribution in [2.75, 3.05) is 20.1 Å². The third-order valence-electron chi connectivity index (χ3n) is 5.70. The number of hydrogen-bond acceptors (Lipinski definition) is 2. The minimum absolute atomic E-state index is 0.581. The summed E-state index contributed by atoms with van der Waals surface area (Å²) in [6.07, 6.45) is 6.96. The van der Waals surface area contributed by atoms with Gasteiger partial charge in [-0.25, -0.2) is 0 Å². The standard InChI is InChI=1S/C17H29N5/c1-13-15(14(2)21(4)20-13)11-19-16(18-3)22-10-9-17(12-22)7-5-6-8-17/h5-12H2,1-4H3,(H,18,19). The van der Waals surface area contributed by atoms with E-state index in [9.17, 15) is 0 Å². The summed E-state index contributed by atoms with van der Waals surface area (Å²) >= 11 is 0. The van der Waals surface area contributed by atoms with Gasteiger partial charge < -0.3 is 10.2 Å². The van der Waals surface area contributed by atoms with E-state index in [0.29, 0.717) is 5.41 Å². The van der Waals surface area contributed by atoms with E-state index in [-0.39, 0.29) is 0 Å². The van der Waals surface area contributed by atoms with Crippen LogP contribution in [0.4, 0.5) is 0 Å². The quantitative estimate of drug-likeness (QED) is 0.674. The molecular formula is C17H29N5. The molecule has 5 nitrogen and oxygen atoms in total. The number of hydrogen-bond donors (Lipinski definition) is 1. The Morgan fingerprint density at radius 1 is 1.27 bits per heavy atom. The molecule has 1 saturated heterocycles. The van der Waals surface area contributed by atoms with E-state index >= 15 is 0 Å². The summed E-state index contributed by atoms with van der Waals surface area (Å²) < 4.78 is 1.96. The Labute approximate surface area is 133 Å². The van der Waals surface area contributed by atoms with Gasteiger partial charge in [0.25, 0.3) is 0 Å². The Morgan fingerprint density at radius 2 is 2.00 bits per heavy atom. The number of aromatic nitrogens is 2. The van der Waals surface area contributed by atoms with Crippen LogP contribution in [0.2, 0.25) is 0 Å². The van der Waals surface area contributed by atoms with Gasteiger partial charge in [-0.15, -0.1) is 0 Å². The molecule has 2 heterocycles. The van der Waals surface area contributed by atoms with Gasteiger partial charge in [0.1, 0.15) is 0 Å². The first-order chi connectivity index (χ1) is 10.5. The lowest BCUT2D eigenvalue weighted by Gasteiger charge is -2.26. The van der Waals surface area contributed by atoms with Gasteiger partial charge in [0, 0.05) is 45.0 Å². The van der Waals surface area contributed by atoms with Crippen molar-refractivity contribution in [2.24, 2.45) is 17.5 Å². The number of aryl methyl sites for hydroxylation is 2. The number of aliphatic imine (C=N–C) groups is 1. The fourth-order valence-electron chi connectivity index (χ4n) is 4.22. The first-order valence-corrected chi connectivity index (χ1v) is 8.49. The zero-order chi connectivity index (χ0) is 15.7. The van der Waals surface area contributed by atoms with E-state index in [4.69, 9.17) is 0 Å². The highest BCUT2D eigenvalue weighted by atomic mass is 15.3. The van der Waals surface area contributed by atoms with E-state index in [0.717, 1.165) is 24.7 Å². The van der Waals surface area contributed by atoms with Crippen LogP contribution < -0.4 is 5.32 Å². The molecule has 1 spiro atoms. The molecule has 3 rings (SSSR count). The minimum Gasteiger partial charge on any atom is -0.352 e. The Kier molecular flexibility index (Phi) is 4.15. The zero-order valence-electron chi connectivity index (χ0n) is 14.4. The van der Waals surface area contributed by atoms with Gasteiger partial charge >= 0.3 is 0 Å². The second-order valence-electron chi connectivity index (χ2n) is 7.05. The van der Waals surface area contributed by atoms with Crippen LogP contribution in [0.5, 0.6) is 0 Å². The Balaban J connectivity index is 1.63. The molecule has 2 fully saturated rings. The monoisotopic (exact) mass is 303 g/mol. The molecule has 0 atom stereocenters. The largest absolute Gasteiger partial charge is 0.352 e. The van der Waals surface area contributed by atoms with Crippen molar-refractivity contribution in [1.29, 1.82) is 0 Å². The predicted octanol–water partition coefficient (Wildman–Crippen LogP) is 2.38. The van der Waals surface area contributed by atoms with Gasteiger partial charge in [-0.05, 0) is 38.5 Å². The fourth-order valence-corrected chi connectivity index (χ4v) is 4.22. The van der Waals surface area contributed by atoms with E-state index in [1.165, 1.54) is 49.9 Å². The smallest absolute Gasteiger partial charge is 0.193 e. The molecule has 0 unspecified atom stereocenters. The molecule has 1 aliphatic heterocycles. The van der Waals surface area contributed by atoms with Crippen molar-refractivity contribution in [2.45, 2.75) is 52.5 Å². The second kappa shape index (κ2) is 5.94. The molecule has 22 heavy (non-hydrogen) atoms. The molecule has 1 N–H and O–H groups in total. The van der Waals surface area contributed by atoms with Gasteiger partial charge in [-0.2, -0.15) is 5.10 Å². The lowest BCUT2D eigenvalue weighted by atomic mass is 9.86. The summed E-state index contributed by atoms with van der Waals surface area (Å²) in [5, 5.41) is 8.04. The Morgan fingerprint density at radius 3 is 2.59 bits per heavy atom. The molecule has 5 heteroatoms. The van der Waals surface area contributed by atoms with Crippen molar-refractivity contribution < 1.29 is 0 Å². The topological polar surface area (TPSA) is 45.5 Å². The van der Waals surface area contributed by atoms with Crippen LogP contribution in [0, 0.1) is 19.3 Å². The Hall–Kier alpha value is -1.52. The molecule has 0 bridgehead atoms. The van der Waals surface area contributed by atoms with Crippen LogP contribution >= 0.6 is 0 Å². The molecule has 1 aromatic heterocycles. The number of rotatable bonds is 2. The number of nitrogens with one attached hydrogen (secondary N) is 1. The van der Waals surface area contributed by atoms with Gasteiger partial charge in [0.05, 0.1) is 5.69 Å². The third-order valence-corrected chi connectivity index (χ3v) is 5.70. The van der Waals surface area contributed by atoms with Crippen molar-refractivity contribution >= 4 is 5.96 Å². The van der Waals surface area contributed by atoms with E-state index < -0.39 is 0 Å². The summed E-state index contributed by atoms with van der Waals surface area (Å²) in [6.45, 7) is 7.34. The highest BCUT2D eigenvalue weighted by Gasteiger charge is 2.41. The summed E-state index contributed by atoms with van der Waals surface area (Å²) in [4.78, 5) is 6.96. The predicted molar refractivity (Wildman–Crippen MR) is 90.0 cm³/mol. The molecule has 2 aliphatic rings. The van der Waals surface area contributed by atoms with E-state index in [2.05, 4.69) is 34.2 Å². The maximum absolute atomic E-state index is 4.51. The van der Waals surface area contributed by atoms with Crippen molar-refractivity contribution in [3.63, 3.8) is 0 Å². The molecule has 0 aromatic carbocycles. The number of guanidine groups is 1. The number of nitrogens with zero attached hydrogens (tertiary/aromatic N) is 4. The maximum Gasteiger partial charge on any atom is 0.193 e. The second-order valence-corrected chi connectivity index (χ2v) is 7.05. The fraction of sp³-hybridized carbons (Fsp3) is 0.765. The van der Waals surface area contributed by atoms with Crippen molar-refractivity contribution in [3.05, 3.63) is 17.0 Å². The summed E-state index contributed by atoms with van der Waals surface area (Å²) in [5.74, 6) is 1.05. The first-order valence-electron chi connectivity index (χ1n) is 8.49. The van der Waals surface area contributed by atoms with E-state index in [1.807, 2.05) is 18.8 Å². The van der Waals surface area contributed by atoms with Crippen LogP contribution in [0.15, 0.2) is 4.99 Å². The van der Waals surface area contributed by atoms with Crippen molar-refractivity contribution in [3.8, 4) is 0 Å². The van der Waals surface area contributed by atoms with Gasteiger partial charge in [0.15, 0.2) is 5.96 Å². The summed E-state index contributed by atoms with van der Waals surface area (Å²) in [6, 6.07) is 0. The van der Waals surface area contributed by atoms with E-state index in [1.54, 1.807) is 0 Å². The zero-order valence-corrected chi connectivity index (χ0v) is 14.4. The summed E-state index contributed by atoms with van der Waals surface area (Å²) in [7, 11) is 3.90. The lowest BCUT2D eigenvalue weighted by molar-refractivity contribution is 0.309.